The Morgan fingerprint density at radius 1 is 0.316 bits per heavy atom. The number of halogens is 3. The summed E-state index contributed by atoms with van der Waals surface area (Å²) >= 11 is 10.6. The summed E-state index contributed by atoms with van der Waals surface area (Å²) in [5, 5.41) is 28.7. The van der Waals surface area contributed by atoms with E-state index in [-0.39, 0.29) is 67.9 Å². The van der Waals surface area contributed by atoms with Crippen molar-refractivity contribution in [2.75, 3.05) is 0 Å². The number of carbonyl (C=O) groups is 1. The molecule has 0 heterocycles. The van der Waals surface area contributed by atoms with Crippen LogP contribution in [0.5, 0.6) is 23.0 Å². The molecule has 0 spiro atoms. The van der Waals surface area contributed by atoms with E-state index in [4.69, 9.17) is 11.2 Å². The van der Waals surface area contributed by atoms with Gasteiger partial charge in [-0.25, -0.2) is 0 Å². The second kappa shape index (κ2) is 36.8. The summed E-state index contributed by atoms with van der Waals surface area (Å²) < 4.78 is 8.07. The molecule has 0 aliphatic heterocycles. The Labute approximate surface area is 594 Å². The number of aromatic hydroxyl groups is 3. The van der Waals surface area contributed by atoms with Crippen molar-refractivity contribution in [2.45, 2.75) is 21.8 Å². The number of rotatable bonds is 7. The van der Waals surface area contributed by atoms with Crippen LogP contribution in [0.15, 0.2) is 292 Å². The van der Waals surface area contributed by atoms with Gasteiger partial charge in [0.05, 0.1) is 0 Å². The minimum absolute atomic E-state index is 0. The molecule has 0 radical (unpaired) electrons. The molecule has 12 rings (SSSR count). The van der Waals surface area contributed by atoms with Gasteiger partial charge in [0.25, 0.3) is 0 Å². The second-order valence-corrected chi connectivity index (χ2v) is 23.3. The summed E-state index contributed by atoms with van der Waals surface area (Å²) in [6, 6.07) is 90.9. The van der Waals surface area contributed by atoms with Crippen LogP contribution in [0.3, 0.4) is 0 Å². The van der Waals surface area contributed by atoms with E-state index in [2.05, 4.69) is 235 Å². The maximum Gasteiger partial charge on any atom is 1.00 e. The van der Waals surface area contributed by atoms with Crippen LogP contribution in [0.1, 0.15) is 60.7 Å². The smallest absolute Gasteiger partial charge is 0.870 e. The van der Waals surface area contributed by atoms with E-state index in [1.807, 2.05) is 36.4 Å². The van der Waals surface area contributed by atoms with Crippen LogP contribution < -0.4 is 23.6 Å². The van der Waals surface area contributed by atoms with E-state index >= 15 is 0 Å². The topological polar surface area (TPSA) is 148 Å². The minimum Gasteiger partial charge on any atom is -0.870 e. The van der Waals surface area contributed by atoms with E-state index in [0.717, 1.165) is 85.7 Å². The summed E-state index contributed by atoms with van der Waals surface area (Å²) in [6.07, 6.45) is 5.14. The third-order valence-electron chi connectivity index (χ3n) is 14.0. The molecule has 12 aromatic rings. The van der Waals surface area contributed by atoms with Gasteiger partial charge in [0.1, 0.15) is 23.0 Å². The molecule has 0 fully saturated rings. The van der Waals surface area contributed by atoms with Crippen molar-refractivity contribution in [3.8, 4) is 138 Å². The quantitative estimate of drug-likeness (QED) is 0.0626. The van der Waals surface area contributed by atoms with Crippen LogP contribution in [0.4, 0.5) is 0 Å². The molecule has 0 bridgehead atoms. The summed E-state index contributed by atoms with van der Waals surface area (Å²) in [7, 11) is 0. The van der Waals surface area contributed by atoms with Crippen LogP contribution >= 0.6 is 47.8 Å². The number of carbonyl (C=O) groups excluding carboxylic acids is 1. The Bertz CT molecular complexity index is 4260. The van der Waals surface area contributed by atoms with Crippen LogP contribution in [-0.2, 0) is 4.79 Å². The van der Waals surface area contributed by atoms with E-state index in [0.29, 0.717) is 5.75 Å². The van der Waals surface area contributed by atoms with Crippen molar-refractivity contribution < 1.29 is 54.7 Å². The van der Waals surface area contributed by atoms with E-state index in [1.165, 1.54) is 40.3 Å². The molecule has 0 saturated carbocycles. The molecule has 0 amide bonds. The number of hydrogen-bond donors (Lipinski definition) is 3. The Morgan fingerprint density at radius 2 is 0.495 bits per heavy atom. The molecule has 0 aliphatic carbocycles. The average Bonchev–Trinajstić information content (AvgIpc) is 0.820. The van der Waals surface area contributed by atoms with Gasteiger partial charge in [0, 0.05) is 59.3 Å². The van der Waals surface area contributed by atoms with Crippen molar-refractivity contribution in [2.24, 2.45) is 0 Å². The van der Waals surface area contributed by atoms with Crippen molar-refractivity contribution in [3.63, 3.8) is 0 Å². The molecule has 0 saturated heterocycles. The predicted octanol–water partition coefficient (Wildman–Crippen LogP) is 17.8. The summed E-state index contributed by atoms with van der Waals surface area (Å²) in [5.41, 5.74) is 19.7. The molecular weight excluding hydrogens is 1370 g/mol. The molecule has 464 valence electrons. The van der Waals surface area contributed by atoms with Gasteiger partial charge in [-0.05, 0) is 273 Å². The molecule has 95 heavy (non-hydrogen) atoms. The molecule has 11 heteroatoms. The van der Waals surface area contributed by atoms with Crippen molar-refractivity contribution in [1.82, 2.24) is 0 Å². The monoisotopic (exact) mass is 1430 g/mol. The normalized spacial score (nSPS) is 9.59. The molecule has 12 aromatic carbocycles. The maximum atomic E-state index is 10.5. The summed E-state index contributed by atoms with van der Waals surface area (Å²) in [6.45, 7) is 1.36. The predicted molar refractivity (Wildman–Crippen MR) is 396 cm³/mol. The maximum absolute atomic E-state index is 10.5. The van der Waals surface area contributed by atoms with E-state index in [1.54, 1.807) is 97.1 Å². The Morgan fingerprint density at radius 3 is 0.684 bits per heavy atom. The Kier molecular flexibility index (Phi) is 29.2. The van der Waals surface area contributed by atoms with Gasteiger partial charge < -0.3 is 31.0 Å². The molecule has 0 atom stereocenters. The van der Waals surface area contributed by atoms with Crippen molar-refractivity contribution in [3.05, 3.63) is 331 Å². The van der Waals surface area contributed by atoms with Crippen molar-refractivity contribution >= 4 is 53.8 Å². The van der Waals surface area contributed by atoms with Gasteiger partial charge in [0.15, 0.2) is 0 Å². The molecular formula is C84H64Br3LiO7. The SMILES string of the molecule is Brc1ccc(-c2cc(-c3ccc(Br)cc3)cc(-c3ccc(Br)cc3)c2)cc1.C.C.C#Cc1ccc(OC(C)=O)cc1.O.Oc1ccc(C#Cc2ccc(-c3cc(-c4ccc(C#Cc5ccc(O)cc5)cc4)cc(-c4ccc(C#Cc5ccc(O)cc5)cc4)c3)cc2)cc1.[Li+].[OH-]. The third-order valence-corrected chi connectivity index (χ3v) is 15.6. The number of benzene rings is 12. The molecule has 6 N–H and O–H groups in total. The fraction of sp³-hybridized carbons (Fsp3) is 0.0357. The van der Waals surface area contributed by atoms with Crippen LogP contribution in [-0.4, -0.2) is 32.2 Å². The summed E-state index contributed by atoms with van der Waals surface area (Å²) in [5.74, 6) is 22.4. The minimum atomic E-state index is -0.330. The van der Waals surface area contributed by atoms with Crippen LogP contribution in [0.2, 0.25) is 0 Å². The number of esters is 1. The standard InChI is InChI=1S/C48H30O3.C24H15Br3.C10H8O2.2CH4.Li.2H2O/c49-46-25-13-37(14-26-46)4-1-34-7-19-40(20-8-34)43-31-44(41-21-9-35(10-22-41)2-5-38-15-27-47(50)28-16-38)33-45(32-43)42-23-11-36(12-24-42)3-6-39-17-29-48(51)30-18-39;25-22-7-1-16(2-8-22)19-13-20(17-3-9-23(26)10-4-17)15-21(14-19)18-5-11-24(27)12-6-18;1-3-9-4-6-10(7-5-9)12-8(2)11;;;;;/h7-33,49-51H;1-15H;1,4-7H,2H3;2*1H4;;2*1H2/q;;;;;+1;;/p-1. The zero-order valence-electron chi connectivity index (χ0n) is 50.4. The molecule has 0 aromatic heterocycles. The Balaban J connectivity index is 0.000000310. The van der Waals surface area contributed by atoms with Crippen LogP contribution in [0.25, 0.3) is 66.8 Å². The second-order valence-electron chi connectivity index (χ2n) is 20.5. The Hall–Kier alpha value is -10.3. The summed E-state index contributed by atoms with van der Waals surface area (Å²) in [4.78, 5) is 10.5. The molecule has 7 nitrogen and oxygen atoms in total. The molecule has 0 aliphatic rings. The van der Waals surface area contributed by atoms with Crippen molar-refractivity contribution in [1.29, 1.82) is 0 Å². The van der Waals surface area contributed by atoms with E-state index in [9.17, 15) is 20.1 Å². The van der Waals surface area contributed by atoms with Crippen LogP contribution in [0, 0.1) is 47.9 Å². The van der Waals surface area contributed by atoms with E-state index < -0.39 is 0 Å². The first-order chi connectivity index (χ1) is 43.7. The fourth-order valence-corrected chi connectivity index (χ4v) is 10.1. The van der Waals surface area contributed by atoms with Gasteiger partial charge in [-0.2, -0.15) is 0 Å². The zero-order chi connectivity index (χ0) is 62.8. The first-order valence-electron chi connectivity index (χ1n) is 28.3. The number of terminal acetylenes is 1. The fourth-order valence-electron chi connectivity index (χ4n) is 9.27. The van der Waals surface area contributed by atoms with Gasteiger partial charge >= 0.3 is 24.8 Å². The zero-order valence-corrected chi connectivity index (χ0v) is 55.1. The number of phenols is 3. The number of phenolic OH excluding ortho intramolecular Hbond substituents is 3. The average molecular weight is 1430 g/mol. The van der Waals surface area contributed by atoms with Gasteiger partial charge in [-0.3, -0.25) is 4.79 Å². The van der Waals surface area contributed by atoms with Gasteiger partial charge in [0.2, 0.25) is 0 Å². The van der Waals surface area contributed by atoms with Gasteiger partial charge in [-0.15, -0.1) is 6.42 Å². The number of hydrogen-bond acceptors (Lipinski definition) is 6. The third kappa shape index (κ3) is 22.2. The first kappa shape index (κ1) is 75.4. The first-order valence-corrected chi connectivity index (χ1v) is 30.7. The largest absolute Gasteiger partial charge is 1.00 e. The number of ether oxygens (including phenoxy) is 1. The van der Waals surface area contributed by atoms with Gasteiger partial charge in [-0.1, -0.05) is 177 Å². The molecule has 0 unspecified atom stereocenters.